The van der Waals surface area contributed by atoms with Crippen LogP contribution in [0.5, 0.6) is 0 Å². The van der Waals surface area contributed by atoms with Crippen molar-refractivity contribution in [1.29, 1.82) is 0 Å². The first-order chi connectivity index (χ1) is 11.3. The molecule has 0 aliphatic heterocycles. The Balaban J connectivity index is 1.59. The van der Waals surface area contributed by atoms with Crippen LogP contribution in [-0.4, -0.2) is 28.4 Å². The molecule has 0 amide bonds. The van der Waals surface area contributed by atoms with Crippen LogP contribution in [0.3, 0.4) is 0 Å². The molecule has 2 aromatic carbocycles. The Morgan fingerprint density at radius 2 is 1.52 bits per heavy atom. The van der Waals surface area contributed by atoms with Crippen molar-refractivity contribution in [3.05, 3.63) is 48.5 Å². The minimum atomic E-state index is -0.366. The summed E-state index contributed by atoms with van der Waals surface area (Å²) in [5, 5.41) is 16.6. The fourth-order valence-electron chi connectivity index (χ4n) is 3.91. The zero-order chi connectivity index (χ0) is 15.6. The molecule has 1 fully saturated rings. The Bertz CT molecular complexity index is 748. The average Bonchev–Trinajstić information content (AvgIpc) is 3.21. The molecule has 0 saturated heterocycles. The Labute approximate surface area is 136 Å². The number of hydrogen-bond acceptors (Lipinski definition) is 2. The number of nitrogens with zero attached hydrogens (tertiary/aromatic N) is 1. The van der Waals surface area contributed by atoms with E-state index in [9.17, 15) is 5.11 Å². The number of hydrogen-bond donors (Lipinski definition) is 2. The van der Waals surface area contributed by atoms with Crippen molar-refractivity contribution in [1.82, 2.24) is 9.88 Å². The molecule has 120 valence electrons. The van der Waals surface area contributed by atoms with Crippen molar-refractivity contribution in [3.63, 3.8) is 0 Å². The first kappa shape index (κ1) is 14.7. The van der Waals surface area contributed by atoms with E-state index in [4.69, 9.17) is 0 Å². The molecule has 1 atom stereocenters. The Kier molecular flexibility index (Phi) is 4.06. The van der Waals surface area contributed by atoms with E-state index in [-0.39, 0.29) is 6.10 Å². The predicted octanol–water partition coefficient (Wildman–Crippen LogP) is 3.69. The first-order valence-corrected chi connectivity index (χ1v) is 8.70. The summed E-state index contributed by atoms with van der Waals surface area (Å²) in [6, 6.07) is 17.5. The van der Waals surface area contributed by atoms with Gasteiger partial charge in [-0.3, -0.25) is 0 Å². The lowest BCUT2D eigenvalue weighted by molar-refractivity contribution is 0.150. The van der Waals surface area contributed by atoms with Gasteiger partial charge >= 0.3 is 0 Å². The minimum absolute atomic E-state index is 0.366. The molecule has 0 bridgehead atoms. The summed E-state index contributed by atoms with van der Waals surface area (Å²) in [4.78, 5) is 0. The highest BCUT2D eigenvalue weighted by atomic mass is 16.3. The molecule has 4 rings (SSSR count). The van der Waals surface area contributed by atoms with Crippen LogP contribution in [0.4, 0.5) is 0 Å². The maximum absolute atomic E-state index is 10.5. The van der Waals surface area contributed by atoms with E-state index in [1.54, 1.807) is 0 Å². The lowest BCUT2D eigenvalue weighted by atomic mass is 10.2. The van der Waals surface area contributed by atoms with Gasteiger partial charge in [0.15, 0.2) is 0 Å². The van der Waals surface area contributed by atoms with Crippen molar-refractivity contribution >= 4 is 21.8 Å². The van der Waals surface area contributed by atoms with E-state index in [0.717, 1.165) is 0 Å². The largest absolute Gasteiger partial charge is 0.390 e. The van der Waals surface area contributed by atoms with E-state index < -0.39 is 0 Å². The van der Waals surface area contributed by atoms with Crippen LogP contribution in [-0.2, 0) is 6.54 Å². The second-order valence-corrected chi connectivity index (χ2v) is 6.69. The summed E-state index contributed by atoms with van der Waals surface area (Å²) in [5.41, 5.74) is 2.40. The van der Waals surface area contributed by atoms with Crippen LogP contribution < -0.4 is 5.32 Å². The monoisotopic (exact) mass is 308 g/mol. The van der Waals surface area contributed by atoms with Gasteiger partial charge in [-0.2, -0.15) is 0 Å². The molecule has 3 heteroatoms. The minimum Gasteiger partial charge on any atom is -0.390 e. The molecule has 0 unspecified atom stereocenters. The van der Waals surface area contributed by atoms with Crippen LogP contribution in [0.25, 0.3) is 21.8 Å². The van der Waals surface area contributed by atoms with E-state index >= 15 is 0 Å². The van der Waals surface area contributed by atoms with Gasteiger partial charge in [-0.05, 0) is 25.0 Å². The number of aliphatic hydroxyl groups is 1. The SMILES string of the molecule is O[C@@H](CNC1CCCC1)Cn1c2ccccc2c2ccccc21. The third-order valence-corrected chi connectivity index (χ3v) is 5.07. The molecule has 1 aliphatic rings. The lowest BCUT2D eigenvalue weighted by Crippen LogP contribution is -2.35. The number of para-hydroxylation sites is 2. The van der Waals surface area contributed by atoms with E-state index in [0.29, 0.717) is 19.1 Å². The Hall–Kier alpha value is -1.84. The molecule has 23 heavy (non-hydrogen) atoms. The van der Waals surface area contributed by atoms with Gasteiger partial charge in [0.05, 0.1) is 12.6 Å². The van der Waals surface area contributed by atoms with Gasteiger partial charge < -0.3 is 15.0 Å². The summed E-state index contributed by atoms with van der Waals surface area (Å²) in [5.74, 6) is 0. The number of benzene rings is 2. The maximum Gasteiger partial charge on any atom is 0.0843 e. The van der Waals surface area contributed by atoms with Crippen LogP contribution in [0, 0.1) is 0 Å². The van der Waals surface area contributed by atoms with Gasteiger partial charge in [0.2, 0.25) is 0 Å². The quantitative estimate of drug-likeness (QED) is 0.754. The number of fused-ring (bicyclic) bond motifs is 3. The molecule has 3 nitrogen and oxygen atoms in total. The standard InChI is InChI=1S/C20H24N2O/c23-16(13-21-15-7-1-2-8-15)14-22-19-11-5-3-9-17(19)18-10-4-6-12-20(18)22/h3-6,9-12,15-16,21,23H,1-2,7-8,13-14H2/t16-/m0/s1. The molecular formula is C20H24N2O. The third-order valence-electron chi connectivity index (χ3n) is 5.07. The highest BCUT2D eigenvalue weighted by Crippen LogP contribution is 2.28. The second kappa shape index (κ2) is 6.34. The summed E-state index contributed by atoms with van der Waals surface area (Å²) < 4.78 is 2.26. The molecule has 1 aromatic heterocycles. The van der Waals surface area contributed by atoms with Crippen molar-refractivity contribution in [2.75, 3.05) is 6.54 Å². The summed E-state index contributed by atoms with van der Waals surface area (Å²) >= 11 is 0. The van der Waals surface area contributed by atoms with E-state index in [1.165, 1.54) is 47.5 Å². The number of nitrogens with one attached hydrogen (secondary N) is 1. The maximum atomic E-state index is 10.5. The molecule has 3 aromatic rings. The fourth-order valence-corrected chi connectivity index (χ4v) is 3.91. The molecule has 2 N–H and O–H groups in total. The van der Waals surface area contributed by atoms with Crippen molar-refractivity contribution in [3.8, 4) is 0 Å². The van der Waals surface area contributed by atoms with Gasteiger partial charge in [0.25, 0.3) is 0 Å². The van der Waals surface area contributed by atoms with Crippen LogP contribution in [0.2, 0.25) is 0 Å². The Morgan fingerprint density at radius 3 is 2.13 bits per heavy atom. The Morgan fingerprint density at radius 1 is 0.957 bits per heavy atom. The van der Waals surface area contributed by atoms with E-state index in [1.807, 2.05) is 0 Å². The van der Waals surface area contributed by atoms with E-state index in [2.05, 4.69) is 58.4 Å². The molecule has 0 spiro atoms. The lowest BCUT2D eigenvalue weighted by Gasteiger charge is -2.18. The molecule has 1 aliphatic carbocycles. The number of aliphatic hydroxyl groups excluding tert-OH is 1. The molecule has 1 saturated carbocycles. The fraction of sp³-hybridized carbons (Fsp3) is 0.400. The molecule has 1 heterocycles. The summed E-state index contributed by atoms with van der Waals surface area (Å²) in [7, 11) is 0. The van der Waals surface area contributed by atoms with Crippen LogP contribution in [0.1, 0.15) is 25.7 Å². The first-order valence-electron chi connectivity index (χ1n) is 8.70. The van der Waals surface area contributed by atoms with Gasteiger partial charge in [0, 0.05) is 34.4 Å². The normalized spacial score (nSPS) is 17.3. The highest BCUT2D eigenvalue weighted by Gasteiger charge is 2.17. The number of rotatable bonds is 5. The predicted molar refractivity (Wildman–Crippen MR) is 95.7 cm³/mol. The number of aromatic nitrogens is 1. The average molecular weight is 308 g/mol. The van der Waals surface area contributed by atoms with Gasteiger partial charge in [-0.25, -0.2) is 0 Å². The van der Waals surface area contributed by atoms with Crippen molar-refractivity contribution in [2.24, 2.45) is 0 Å². The van der Waals surface area contributed by atoms with Crippen LogP contribution in [0.15, 0.2) is 48.5 Å². The topological polar surface area (TPSA) is 37.2 Å². The van der Waals surface area contributed by atoms with Gasteiger partial charge in [-0.15, -0.1) is 0 Å². The van der Waals surface area contributed by atoms with Crippen molar-refractivity contribution < 1.29 is 5.11 Å². The smallest absolute Gasteiger partial charge is 0.0843 e. The highest BCUT2D eigenvalue weighted by molar-refractivity contribution is 6.07. The second-order valence-electron chi connectivity index (χ2n) is 6.69. The summed E-state index contributed by atoms with van der Waals surface area (Å²) in [6.45, 7) is 1.30. The van der Waals surface area contributed by atoms with Gasteiger partial charge in [0.1, 0.15) is 0 Å². The molecule has 0 radical (unpaired) electrons. The van der Waals surface area contributed by atoms with Gasteiger partial charge in [-0.1, -0.05) is 49.2 Å². The van der Waals surface area contributed by atoms with Crippen LogP contribution >= 0.6 is 0 Å². The molecular weight excluding hydrogens is 284 g/mol. The third kappa shape index (κ3) is 2.87. The summed E-state index contributed by atoms with van der Waals surface area (Å²) in [6.07, 6.45) is 4.78. The zero-order valence-electron chi connectivity index (χ0n) is 13.4. The zero-order valence-corrected chi connectivity index (χ0v) is 13.4. The van der Waals surface area contributed by atoms with Crippen molar-refractivity contribution in [2.45, 2.75) is 44.4 Å².